The number of anilines is 1. The summed E-state index contributed by atoms with van der Waals surface area (Å²) in [4.78, 5) is 57.4. The topological polar surface area (TPSA) is 314 Å². The summed E-state index contributed by atoms with van der Waals surface area (Å²) in [6, 6.07) is 23.3. The molecule has 0 radical (unpaired) electrons. The fourth-order valence-electron chi connectivity index (χ4n) is 4.80. The van der Waals surface area contributed by atoms with Crippen LogP contribution in [-0.4, -0.2) is 31.8 Å². The van der Waals surface area contributed by atoms with Crippen molar-refractivity contribution in [3.05, 3.63) is 162 Å². The summed E-state index contributed by atoms with van der Waals surface area (Å²) in [7, 11) is 0. The molecule has 310 valence electrons. The van der Waals surface area contributed by atoms with Gasteiger partial charge in [-0.3, -0.25) is 39.7 Å². The summed E-state index contributed by atoms with van der Waals surface area (Å²) in [5.41, 5.74) is 13.0. The molecule has 0 aliphatic heterocycles. The zero-order valence-electron chi connectivity index (χ0n) is 30.0. The van der Waals surface area contributed by atoms with Crippen LogP contribution in [0.5, 0.6) is 0 Å². The molecule has 0 spiro atoms. The first-order valence-corrected chi connectivity index (χ1v) is 20.4. The first-order chi connectivity index (χ1) is 28.6. The van der Waals surface area contributed by atoms with E-state index in [-0.39, 0.29) is 34.5 Å². The van der Waals surface area contributed by atoms with Crippen LogP contribution >= 0.6 is 38.9 Å². The molecule has 5 N–H and O–H groups in total. The average molecular weight is 913 g/mol. The van der Waals surface area contributed by atoms with Crippen LogP contribution in [0.3, 0.4) is 0 Å². The quantitative estimate of drug-likeness (QED) is 0.0475. The molecule has 0 bridgehead atoms. The molecular weight excluding hydrogens is 892 g/mol. The third-order valence-corrected chi connectivity index (χ3v) is 7.32. The molecule has 0 unspecified atom stereocenters. The van der Waals surface area contributed by atoms with Gasteiger partial charge in [0.25, 0.3) is 23.0 Å². The summed E-state index contributed by atoms with van der Waals surface area (Å²) >= 11 is 13.8. The third-order valence-electron chi connectivity index (χ3n) is 7.32. The van der Waals surface area contributed by atoms with Gasteiger partial charge in [0.2, 0.25) is 5.76 Å². The smallest absolute Gasteiger partial charge is 0.371 e. The number of fused-ring (bicyclic) bond motifs is 4. The summed E-state index contributed by atoms with van der Waals surface area (Å²) < 4.78 is 29.8. The molecule has 0 fully saturated rings. The Hall–Kier alpha value is -7.94. The van der Waals surface area contributed by atoms with Crippen molar-refractivity contribution in [2.45, 2.75) is 0 Å². The van der Waals surface area contributed by atoms with E-state index in [2.05, 4.69) is 43.4 Å². The predicted octanol–water partition coefficient (Wildman–Crippen LogP) is 11.7. The third kappa shape index (κ3) is 13.0. The number of nitrogens with zero attached hydrogens (tertiary/aromatic N) is 5. The van der Waals surface area contributed by atoms with Crippen LogP contribution in [0, 0.1) is 43.5 Å². The number of carbonyl (C=O) groups is 2. The maximum atomic E-state index is 10.8. The molecule has 8 rings (SSSR count). The van der Waals surface area contributed by atoms with E-state index in [1.807, 2.05) is 0 Å². The number of hydrogen-bond donors (Lipinski definition) is 3. The van der Waals surface area contributed by atoms with Crippen LogP contribution in [0.25, 0.3) is 53.6 Å². The van der Waals surface area contributed by atoms with Crippen LogP contribution in [-0.2, 0) is 4.57 Å². The Morgan fingerprint density at radius 2 is 0.918 bits per heavy atom. The number of primary amides is 1. The molecular formula is C36H21Cl3N7O14P. The van der Waals surface area contributed by atoms with Gasteiger partial charge in [-0.25, -0.2) is 4.79 Å². The van der Waals surface area contributed by atoms with Crippen LogP contribution in [0.1, 0.15) is 21.1 Å². The van der Waals surface area contributed by atoms with Crippen LogP contribution in [0.15, 0.2) is 115 Å². The number of non-ortho nitro benzene ring substituents is 3. The summed E-state index contributed by atoms with van der Waals surface area (Å²) in [6.07, 6.45) is 0. The molecule has 21 nitrogen and oxygen atoms in total. The van der Waals surface area contributed by atoms with E-state index in [0.717, 1.165) is 5.39 Å². The Morgan fingerprint density at radius 3 is 1.28 bits per heavy atom. The Kier molecular flexibility index (Phi) is 14.8. The van der Waals surface area contributed by atoms with Crippen LogP contribution < -0.4 is 11.5 Å². The number of nitrogen functional groups attached to an aromatic ring is 1. The fourth-order valence-corrected chi connectivity index (χ4v) is 4.80. The van der Waals surface area contributed by atoms with Gasteiger partial charge in [-0.15, -0.1) is 0 Å². The van der Waals surface area contributed by atoms with E-state index in [9.17, 15) is 44.5 Å². The lowest BCUT2D eigenvalue weighted by molar-refractivity contribution is -0.384. The zero-order chi connectivity index (χ0) is 45.2. The van der Waals surface area contributed by atoms with Gasteiger partial charge in [0.15, 0.2) is 5.76 Å². The highest BCUT2D eigenvalue weighted by Crippen LogP contribution is 2.61. The number of rotatable bonds is 5. The molecule has 25 heteroatoms. The number of nitro benzene ring substituents is 3. The van der Waals surface area contributed by atoms with Gasteiger partial charge < -0.3 is 34.2 Å². The SMILES string of the molecule is NC(=O)c1cc2cc([N+](=O)[O-])ccc2o1.O=C(O)c1cc2cc([N+](=O)[O-])ccc2o1.O=P(Cl)(Cl)Cl.[C-]#[N+]c1cc2cc(N)ccc2o1.[C-]#[N+]c1cc2cc([N+](=O)[O-])ccc2o1. The van der Waals surface area contributed by atoms with Crippen LogP contribution in [0.2, 0.25) is 0 Å². The lowest BCUT2D eigenvalue weighted by Crippen LogP contribution is -2.08. The molecule has 0 aliphatic carbocycles. The summed E-state index contributed by atoms with van der Waals surface area (Å²) in [6.45, 7) is 13.4. The summed E-state index contributed by atoms with van der Waals surface area (Å²) in [5.74, 6) is -1.70. The number of halogens is 3. The van der Waals surface area contributed by atoms with Crippen molar-refractivity contribution in [2.24, 2.45) is 5.73 Å². The minimum Gasteiger partial charge on any atom is -0.480 e. The minimum atomic E-state index is -3.22. The Labute approximate surface area is 353 Å². The van der Waals surface area contributed by atoms with Crippen molar-refractivity contribution in [1.29, 1.82) is 0 Å². The number of hydrogen-bond acceptors (Lipinski definition) is 14. The second-order valence-corrected chi connectivity index (χ2v) is 18.1. The number of nitrogens with two attached hydrogens (primary N) is 2. The van der Waals surface area contributed by atoms with Gasteiger partial charge in [0.05, 0.1) is 27.9 Å². The van der Waals surface area contributed by atoms with Crippen molar-refractivity contribution in [3.8, 4) is 0 Å². The minimum absolute atomic E-state index is 0.00479. The monoisotopic (exact) mass is 911 g/mol. The fraction of sp³-hybridized carbons (Fsp3) is 0. The number of amides is 1. The number of benzene rings is 4. The molecule has 0 saturated heterocycles. The number of carboxylic acid groups (broad SMARTS) is 1. The Bertz CT molecular complexity index is 2990. The maximum Gasteiger partial charge on any atom is 0.371 e. The second kappa shape index (κ2) is 19.7. The van der Waals surface area contributed by atoms with Crippen molar-refractivity contribution >= 4 is 129 Å². The van der Waals surface area contributed by atoms with Gasteiger partial charge >= 0.3 is 22.9 Å². The van der Waals surface area contributed by atoms with Crippen LogP contribution in [0.4, 0.5) is 34.5 Å². The molecule has 0 atom stereocenters. The number of furan rings is 4. The largest absolute Gasteiger partial charge is 0.480 e. The average Bonchev–Trinajstić information content (AvgIpc) is 4.00. The van der Waals surface area contributed by atoms with Gasteiger partial charge in [0.1, 0.15) is 22.3 Å². The number of carbonyl (C=O) groups excluding carboxylic acids is 1. The number of nitro groups is 3. The standard InChI is InChI=1S/C9H6N2O4.C9H4N2O3.C9H6N2O.C9H5NO5.Cl3OP/c10-9(12)8-4-5-3-6(11(13)14)1-2-7(5)15-8;1-10-9-5-6-4-7(11(12)13)2-3-8(6)14-9;1-11-9-5-6-4-7(10)2-3-8(6)12-9;11-9(12)8-4-5-3-6(10(13)14)1-2-7(5)15-8;1-5(2,3)4/h1-4H,(H2,10,12);2-5H;2-5H,10H2;1-4H,(H,11,12);. The lowest BCUT2D eigenvalue weighted by Gasteiger charge is -1.90. The highest BCUT2D eigenvalue weighted by Gasteiger charge is 2.15. The first-order valence-electron chi connectivity index (χ1n) is 16.0. The molecule has 0 aliphatic rings. The Balaban J connectivity index is 0.000000173. The zero-order valence-corrected chi connectivity index (χ0v) is 33.1. The normalized spacial score (nSPS) is 10.3. The molecule has 61 heavy (non-hydrogen) atoms. The Morgan fingerprint density at radius 1 is 0.590 bits per heavy atom. The van der Waals surface area contributed by atoms with Gasteiger partial charge in [-0.2, -0.15) is 9.69 Å². The number of aromatic carboxylic acids is 1. The van der Waals surface area contributed by atoms with E-state index in [0.29, 0.717) is 50.1 Å². The highest BCUT2D eigenvalue weighted by atomic mass is 36.0. The van der Waals surface area contributed by atoms with Gasteiger partial charge in [0, 0.05) is 63.6 Å². The molecule has 0 saturated carbocycles. The van der Waals surface area contributed by atoms with E-state index in [4.69, 9.17) is 47.4 Å². The molecule has 1 amide bonds. The van der Waals surface area contributed by atoms with Crippen molar-refractivity contribution in [2.75, 3.05) is 5.73 Å². The van der Waals surface area contributed by atoms with Crippen molar-refractivity contribution < 1.29 is 51.7 Å². The molecule has 4 aromatic carbocycles. The van der Waals surface area contributed by atoms with Gasteiger partial charge in [-0.05, 0) is 94.4 Å². The summed E-state index contributed by atoms with van der Waals surface area (Å²) in [5, 5.41) is 39.1. The second-order valence-electron chi connectivity index (χ2n) is 11.4. The number of carboxylic acids is 1. The van der Waals surface area contributed by atoms with E-state index >= 15 is 0 Å². The first kappa shape index (κ1) is 45.8. The predicted molar refractivity (Wildman–Crippen MR) is 222 cm³/mol. The highest BCUT2D eigenvalue weighted by molar-refractivity contribution is 8.24. The lowest BCUT2D eigenvalue weighted by atomic mass is 10.2. The van der Waals surface area contributed by atoms with Crippen molar-refractivity contribution in [1.82, 2.24) is 0 Å². The van der Waals surface area contributed by atoms with E-state index in [1.165, 1.54) is 72.8 Å². The van der Waals surface area contributed by atoms with Gasteiger partial charge in [-0.1, -0.05) is 0 Å². The van der Waals surface area contributed by atoms with E-state index in [1.54, 1.807) is 24.3 Å². The maximum absolute atomic E-state index is 10.8. The molecule has 4 aromatic heterocycles. The molecule has 4 heterocycles. The van der Waals surface area contributed by atoms with E-state index < -0.39 is 31.8 Å². The van der Waals surface area contributed by atoms with Crippen molar-refractivity contribution in [3.63, 3.8) is 0 Å². The molecule has 8 aromatic rings.